The summed E-state index contributed by atoms with van der Waals surface area (Å²) >= 11 is 11.3. The Kier molecular flexibility index (Phi) is 3.06. The standard InChI is InChI=1S/C7H7Cl2N3O/c1-12(2)7(13)5-4(8)6(9)11-3-10-5/h3H,1-2H3. The first-order valence-electron chi connectivity index (χ1n) is 3.41. The van der Waals surface area contributed by atoms with Crippen LogP contribution in [0.1, 0.15) is 10.5 Å². The monoisotopic (exact) mass is 219 g/mol. The summed E-state index contributed by atoms with van der Waals surface area (Å²) < 4.78 is 0. The molecule has 0 saturated carbocycles. The second-order valence-corrected chi connectivity index (χ2v) is 3.26. The summed E-state index contributed by atoms with van der Waals surface area (Å²) in [5, 5.41) is 0.171. The van der Waals surface area contributed by atoms with Crippen LogP contribution in [0, 0.1) is 0 Å². The quantitative estimate of drug-likeness (QED) is 0.673. The van der Waals surface area contributed by atoms with Gasteiger partial charge in [-0.25, -0.2) is 9.97 Å². The normalized spacial score (nSPS) is 9.85. The van der Waals surface area contributed by atoms with E-state index in [-0.39, 0.29) is 21.8 Å². The van der Waals surface area contributed by atoms with E-state index in [1.54, 1.807) is 14.1 Å². The summed E-state index contributed by atoms with van der Waals surface area (Å²) in [6.45, 7) is 0. The van der Waals surface area contributed by atoms with Gasteiger partial charge < -0.3 is 4.90 Å². The maximum Gasteiger partial charge on any atom is 0.273 e. The van der Waals surface area contributed by atoms with Crippen molar-refractivity contribution in [3.63, 3.8) is 0 Å². The van der Waals surface area contributed by atoms with Crippen LogP contribution in [0.2, 0.25) is 10.2 Å². The first-order valence-corrected chi connectivity index (χ1v) is 4.17. The van der Waals surface area contributed by atoms with Crippen LogP contribution in [0.5, 0.6) is 0 Å². The molecule has 0 spiro atoms. The number of nitrogens with zero attached hydrogens (tertiary/aromatic N) is 3. The highest BCUT2D eigenvalue weighted by Crippen LogP contribution is 2.21. The van der Waals surface area contributed by atoms with Gasteiger partial charge in [0.2, 0.25) is 0 Å². The van der Waals surface area contributed by atoms with Crippen LogP contribution in [-0.4, -0.2) is 34.9 Å². The number of hydrogen-bond donors (Lipinski definition) is 0. The van der Waals surface area contributed by atoms with Crippen LogP contribution in [0.3, 0.4) is 0 Å². The summed E-state index contributed by atoms with van der Waals surface area (Å²) in [6, 6.07) is 0. The minimum Gasteiger partial charge on any atom is -0.343 e. The molecule has 70 valence electrons. The average molecular weight is 220 g/mol. The molecular weight excluding hydrogens is 213 g/mol. The lowest BCUT2D eigenvalue weighted by Crippen LogP contribution is -2.23. The lowest BCUT2D eigenvalue weighted by atomic mass is 10.3. The Morgan fingerprint density at radius 2 is 2.00 bits per heavy atom. The van der Waals surface area contributed by atoms with Crippen molar-refractivity contribution in [1.82, 2.24) is 14.9 Å². The highest BCUT2D eigenvalue weighted by atomic mass is 35.5. The second-order valence-electron chi connectivity index (χ2n) is 2.53. The third-order valence-corrected chi connectivity index (χ3v) is 2.10. The average Bonchev–Trinajstić information content (AvgIpc) is 2.08. The van der Waals surface area contributed by atoms with Gasteiger partial charge in [0.1, 0.15) is 11.3 Å². The molecule has 0 aliphatic carbocycles. The van der Waals surface area contributed by atoms with E-state index < -0.39 is 0 Å². The van der Waals surface area contributed by atoms with E-state index in [9.17, 15) is 4.79 Å². The summed E-state index contributed by atoms with van der Waals surface area (Å²) in [5.41, 5.74) is 0.117. The van der Waals surface area contributed by atoms with Crippen LogP contribution in [-0.2, 0) is 0 Å². The molecule has 0 aromatic carbocycles. The lowest BCUT2D eigenvalue weighted by molar-refractivity contribution is 0.0822. The van der Waals surface area contributed by atoms with Gasteiger partial charge in [-0.05, 0) is 0 Å². The molecule has 1 amide bonds. The maximum atomic E-state index is 11.4. The molecule has 0 bridgehead atoms. The summed E-state index contributed by atoms with van der Waals surface area (Å²) in [7, 11) is 3.21. The van der Waals surface area contributed by atoms with E-state index in [0.29, 0.717) is 0 Å². The van der Waals surface area contributed by atoms with Crippen molar-refractivity contribution < 1.29 is 4.79 Å². The zero-order chi connectivity index (χ0) is 10.0. The molecular formula is C7H7Cl2N3O. The molecule has 0 unspecified atom stereocenters. The van der Waals surface area contributed by atoms with Crippen molar-refractivity contribution in [2.75, 3.05) is 14.1 Å². The van der Waals surface area contributed by atoms with Crippen molar-refractivity contribution in [2.45, 2.75) is 0 Å². The Morgan fingerprint density at radius 3 is 2.54 bits per heavy atom. The minimum absolute atomic E-state index is 0.0851. The summed E-state index contributed by atoms with van der Waals surface area (Å²) in [4.78, 5) is 20.1. The van der Waals surface area contributed by atoms with E-state index in [0.717, 1.165) is 0 Å². The molecule has 0 aliphatic heterocycles. The van der Waals surface area contributed by atoms with Crippen molar-refractivity contribution in [3.8, 4) is 0 Å². The molecule has 0 N–H and O–H groups in total. The molecule has 6 heteroatoms. The van der Waals surface area contributed by atoms with Crippen molar-refractivity contribution >= 4 is 29.1 Å². The first-order chi connectivity index (χ1) is 6.04. The number of halogens is 2. The van der Waals surface area contributed by atoms with E-state index in [4.69, 9.17) is 23.2 Å². The number of carbonyl (C=O) groups excluding carboxylic acids is 1. The zero-order valence-corrected chi connectivity index (χ0v) is 8.60. The van der Waals surface area contributed by atoms with Gasteiger partial charge in [0, 0.05) is 14.1 Å². The molecule has 1 aromatic heterocycles. The van der Waals surface area contributed by atoms with E-state index >= 15 is 0 Å². The van der Waals surface area contributed by atoms with Gasteiger partial charge in [-0.3, -0.25) is 4.79 Å². The Morgan fingerprint density at radius 1 is 1.38 bits per heavy atom. The predicted octanol–water partition coefficient (Wildman–Crippen LogP) is 1.49. The largest absolute Gasteiger partial charge is 0.343 e. The molecule has 0 atom stereocenters. The number of rotatable bonds is 1. The van der Waals surface area contributed by atoms with Gasteiger partial charge in [-0.2, -0.15) is 0 Å². The fraction of sp³-hybridized carbons (Fsp3) is 0.286. The Labute approximate surface area is 85.5 Å². The third-order valence-electron chi connectivity index (χ3n) is 1.36. The Hall–Kier alpha value is -0.870. The molecule has 0 aliphatic rings. The molecule has 4 nitrogen and oxygen atoms in total. The van der Waals surface area contributed by atoms with Gasteiger partial charge in [0.15, 0.2) is 10.8 Å². The molecule has 0 radical (unpaired) electrons. The highest BCUT2D eigenvalue weighted by molar-refractivity contribution is 6.42. The summed E-state index contributed by atoms with van der Waals surface area (Å²) in [6.07, 6.45) is 1.20. The number of aromatic nitrogens is 2. The molecule has 0 saturated heterocycles. The SMILES string of the molecule is CN(C)C(=O)c1ncnc(Cl)c1Cl. The molecule has 1 rings (SSSR count). The van der Waals surface area contributed by atoms with Crippen LogP contribution in [0.25, 0.3) is 0 Å². The van der Waals surface area contributed by atoms with Gasteiger partial charge in [-0.15, -0.1) is 0 Å². The fourth-order valence-corrected chi connectivity index (χ4v) is 1.02. The first kappa shape index (κ1) is 10.2. The Bertz CT molecular complexity index is 341. The van der Waals surface area contributed by atoms with E-state index in [1.807, 2.05) is 0 Å². The smallest absolute Gasteiger partial charge is 0.273 e. The molecule has 1 aromatic rings. The van der Waals surface area contributed by atoms with Crippen LogP contribution in [0.15, 0.2) is 6.33 Å². The number of amides is 1. The van der Waals surface area contributed by atoms with Crippen LogP contribution < -0.4 is 0 Å². The predicted molar refractivity (Wildman–Crippen MR) is 50.1 cm³/mol. The molecule has 1 heterocycles. The van der Waals surface area contributed by atoms with Crippen LogP contribution in [0.4, 0.5) is 0 Å². The van der Waals surface area contributed by atoms with Crippen LogP contribution >= 0.6 is 23.2 Å². The van der Waals surface area contributed by atoms with Crippen molar-refractivity contribution in [3.05, 3.63) is 22.2 Å². The number of carbonyl (C=O) groups is 1. The number of hydrogen-bond acceptors (Lipinski definition) is 3. The zero-order valence-electron chi connectivity index (χ0n) is 7.08. The van der Waals surface area contributed by atoms with Gasteiger partial charge in [0.05, 0.1) is 0 Å². The molecule has 13 heavy (non-hydrogen) atoms. The van der Waals surface area contributed by atoms with Crippen molar-refractivity contribution in [2.24, 2.45) is 0 Å². The molecule has 0 fully saturated rings. The van der Waals surface area contributed by atoms with E-state index in [2.05, 4.69) is 9.97 Å². The Balaban J connectivity index is 3.15. The fourth-order valence-electron chi connectivity index (χ4n) is 0.709. The lowest BCUT2D eigenvalue weighted by Gasteiger charge is -2.10. The van der Waals surface area contributed by atoms with Gasteiger partial charge in [0.25, 0.3) is 5.91 Å². The summed E-state index contributed by atoms with van der Waals surface area (Å²) in [5.74, 6) is -0.297. The van der Waals surface area contributed by atoms with Crippen molar-refractivity contribution in [1.29, 1.82) is 0 Å². The maximum absolute atomic E-state index is 11.4. The van der Waals surface area contributed by atoms with E-state index in [1.165, 1.54) is 11.2 Å². The topological polar surface area (TPSA) is 46.1 Å². The van der Waals surface area contributed by atoms with Gasteiger partial charge in [-0.1, -0.05) is 23.2 Å². The highest BCUT2D eigenvalue weighted by Gasteiger charge is 2.16. The van der Waals surface area contributed by atoms with Gasteiger partial charge >= 0.3 is 0 Å². The minimum atomic E-state index is -0.297. The third kappa shape index (κ3) is 2.08. The second kappa shape index (κ2) is 3.89.